The molecule has 0 amide bonds. The highest BCUT2D eigenvalue weighted by molar-refractivity contribution is 5.92. The third-order valence-electron chi connectivity index (χ3n) is 1.88. The highest BCUT2D eigenvalue weighted by atomic mass is 16.4. The molecule has 15 heavy (non-hydrogen) atoms. The summed E-state index contributed by atoms with van der Waals surface area (Å²) in [5, 5.41) is 17.3. The topological polar surface area (TPSA) is 74.6 Å². The van der Waals surface area contributed by atoms with Gasteiger partial charge in [0.15, 0.2) is 0 Å². The molecule has 0 atom stereocenters. The van der Waals surface area contributed by atoms with Crippen LogP contribution in [0, 0.1) is 0 Å². The van der Waals surface area contributed by atoms with Gasteiger partial charge in [0.25, 0.3) is 0 Å². The van der Waals surface area contributed by atoms with Crippen LogP contribution in [-0.4, -0.2) is 22.2 Å². The van der Waals surface area contributed by atoms with Crippen LogP contribution in [0.25, 0.3) is 6.08 Å². The predicted molar refractivity (Wildman–Crippen MR) is 54.7 cm³/mol. The smallest absolute Gasteiger partial charge is 0.335 e. The highest BCUT2D eigenvalue weighted by Crippen LogP contribution is 2.09. The van der Waals surface area contributed by atoms with Crippen LogP contribution in [0.4, 0.5) is 0 Å². The maximum Gasteiger partial charge on any atom is 0.335 e. The monoisotopic (exact) mass is 206 g/mol. The van der Waals surface area contributed by atoms with Gasteiger partial charge in [0.2, 0.25) is 0 Å². The van der Waals surface area contributed by atoms with Crippen molar-refractivity contribution in [3.63, 3.8) is 0 Å². The summed E-state index contributed by atoms with van der Waals surface area (Å²) < 4.78 is 0. The Bertz CT molecular complexity index is 415. The summed E-state index contributed by atoms with van der Waals surface area (Å²) in [5.41, 5.74) is 1.05. The zero-order valence-corrected chi connectivity index (χ0v) is 8.10. The van der Waals surface area contributed by atoms with Crippen LogP contribution in [0.15, 0.2) is 29.8 Å². The highest BCUT2D eigenvalue weighted by Gasteiger charge is 2.02. The third-order valence-corrected chi connectivity index (χ3v) is 1.88. The summed E-state index contributed by atoms with van der Waals surface area (Å²) in [6.45, 7) is 1.48. The average molecular weight is 206 g/mol. The van der Waals surface area contributed by atoms with Crippen LogP contribution < -0.4 is 0 Å². The molecule has 0 aliphatic heterocycles. The number of rotatable bonds is 3. The van der Waals surface area contributed by atoms with Crippen molar-refractivity contribution >= 4 is 18.0 Å². The molecule has 0 aliphatic rings. The number of hydrogen-bond acceptors (Lipinski definition) is 2. The van der Waals surface area contributed by atoms with Crippen LogP contribution in [0.2, 0.25) is 0 Å². The van der Waals surface area contributed by atoms with Gasteiger partial charge in [-0.25, -0.2) is 9.59 Å². The van der Waals surface area contributed by atoms with Gasteiger partial charge in [-0.2, -0.15) is 0 Å². The standard InChI is InChI=1S/C11H10O4/c1-7(10(12)13)6-8-2-4-9(5-3-8)11(14)15/h2-6H,1H3,(H,12,13)(H,14,15). The average Bonchev–Trinajstić information content (AvgIpc) is 2.18. The van der Waals surface area contributed by atoms with E-state index in [0.29, 0.717) is 5.56 Å². The van der Waals surface area contributed by atoms with Crippen molar-refractivity contribution in [2.24, 2.45) is 0 Å². The lowest BCUT2D eigenvalue weighted by Crippen LogP contribution is -1.97. The molecule has 4 heteroatoms. The molecule has 0 aromatic heterocycles. The van der Waals surface area contributed by atoms with E-state index < -0.39 is 11.9 Å². The molecule has 0 fully saturated rings. The molecular weight excluding hydrogens is 196 g/mol. The zero-order valence-electron chi connectivity index (χ0n) is 8.10. The van der Waals surface area contributed by atoms with Crippen molar-refractivity contribution in [3.8, 4) is 0 Å². The molecule has 78 valence electrons. The van der Waals surface area contributed by atoms with Gasteiger partial charge in [-0.05, 0) is 30.7 Å². The fourth-order valence-electron chi connectivity index (χ4n) is 1.03. The van der Waals surface area contributed by atoms with Gasteiger partial charge < -0.3 is 10.2 Å². The SMILES string of the molecule is CC(=Cc1ccc(C(=O)O)cc1)C(=O)O. The number of hydrogen-bond donors (Lipinski definition) is 2. The Morgan fingerprint density at radius 2 is 1.67 bits per heavy atom. The lowest BCUT2D eigenvalue weighted by molar-refractivity contribution is -0.132. The number of aliphatic carboxylic acids is 1. The van der Waals surface area contributed by atoms with Gasteiger partial charge in [-0.15, -0.1) is 0 Å². The third kappa shape index (κ3) is 2.95. The minimum atomic E-state index is -1.000. The lowest BCUT2D eigenvalue weighted by atomic mass is 10.1. The van der Waals surface area contributed by atoms with E-state index in [9.17, 15) is 9.59 Å². The lowest BCUT2D eigenvalue weighted by Gasteiger charge is -1.97. The van der Waals surface area contributed by atoms with E-state index in [2.05, 4.69) is 0 Å². The number of carboxylic acid groups (broad SMARTS) is 2. The Morgan fingerprint density at radius 1 is 1.13 bits per heavy atom. The van der Waals surface area contributed by atoms with Crippen LogP contribution in [0.3, 0.4) is 0 Å². The Balaban J connectivity index is 2.95. The van der Waals surface area contributed by atoms with Gasteiger partial charge in [0.1, 0.15) is 0 Å². The molecule has 0 spiro atoms. The van der Waals surface area contributed by atoms with Crippen molar-refractivity contribution in [2.75, 3.05) is 0 Å². The van der Waals surface area contributed by atoms with Gasteiger partial charge in [0.05, 0.1) is 5.56 Å². The molecule has 0 bridgehead atoms. The fourth-order valence-corrected chi connectivity index (χ4v) is 1.03. The summed E-state index contributed by atoms with van der Waals surface area (Å²) in [6, 6.07) is 6.00. The van der Waals surface area contributed by atoms with Crippen molar-refractivity contribution in [2.45, 2.75) is 6.92 Å². The first-order valence-corrected chi connectivity index (χ1v) is 4.25. The van der Waals surface area contributed by atoms with E-state index in [4.69, 9.17) is 10.2 Å². The molecule has 0 radical (unpaired) electrons. The first kappa shape index (κ1) is 11.0. The number of carboxylic acids is 2. The number of carbonyl (C=O) groups is 2. The van der Waals surface area contributed by atoms with E-state index in [0.717, 1.165) is 0 Å². The van der Waals surface area contributed by atoms with Gasteiger partial charge >= 0.3 is 11.9 Å². The molecule has 1 aromatic carbocycles. The summed E-state index contributed by atoms with van der Waals surface area (Å²) >= 11 is 0. The fraction of sp³-hybridized carbons (Fsp3) is 0.0909. The molecule has 0 aliphatic carbocycles. The Kier molecular flexibility index (Phi) is 3.23. The van der Waals surface area contributed by atoms with Gasteiger partial charge in [0, 0.05) is 5.57 Å². The molecule has 0 heterocycles. The Labute approximate surface area is 86.5 Å². The minimum Gasteiger partial charge on any atom is -0.478 e. The van der Waals surface area contributed by atoms with E-state index in [1.807, 2.05) is 0 Å². The molecule has 0 saturated carbocycles. The number of aromatic carboxylic acids is 1. The second-order valence-electron chi connectivity index (χ2n) is 3.06. The van der Waals surface area contributed by atoms with E-state index in [1.165, 1.54) is 25.1 Å². The molecule has 1 rings (SSSR count). The summed E-state index contributed by atoms with van der Waals surface area (Å²) in [4.78, 5) is 21.0. The maximum absolute atomic E-state index is 10.5. The zero-order chi connectivity index (χ0) is 11.4. The summed E-state index contributed by atoms with van der Waals surface area (Å²) in [6.07, 6.45) is 1.48. The quantitative estimate of drug-likeness (QED) is 0.740. The predicted octanol–water partition coefficient (Wildman–Crippen LogP) is 1.87. The van der Waals surface area contributed by atoms with Crippen LogP contribution >= 0.6 is 0 Å². The van der Waals surface area contributed by atoms with Crippen LogP contribution in [0.5, 0.6) is 0 Å². The molecular formula is C11H10O4. The van der Waals surface area contributed by atoms with Crippen LogP contribution in [-0.2, 0) is 4.79 Å². The van der Waals surface area contributed by atoms with E-state index in [-0.39, 0.29) is 11.1 Å². The Morgan fingerprint density at radius 3 is 2.07 bits per heavy atom. The van der Waals surface area contributed by atoms with Crippen molar-refractivity contribution in [1.82, 2.24) is 0 Å². The first-order valence-electron chi connectivity index (χ1n) is 4.25. The molecule has 0 saturated heterocycles. The second-order valence-corrected chi connectivity index (χ2v) is 3.06. The normalized spacial score (nSPS) is 11.1. The molecule has 1 aromatic rings. The maximum atomic E-state index is 10.5. The Hall–Kier alpha value is -2.10. The van der Waals surface area contributed by atoms with E-state index in [1.54, 1.807) is 12.1 Å². The van der Waals surface area contributed by atoms with Crippen molar-refractivity contribution in [3.05, 3.63) is 41.0 Å². The van der Waals surface area contributed by atoms with Crippen molar-refractivity contribution < 1.29 is 19.8 Å². The summed E-state index contributed by atoms with van der Waals surface area (Å²) in [7, 11) is 0. The van der Waals surface area contributed by atoms with E-state index >= 15 is 0 Å². The summed E-state index contributed by atoms with van der Waals surface area (Å²) in [5.74, 6) is -1.99. The largest absolute Gasteiger partial charge is 0.478 e. The minimum absolute atomic E-state index is 0.181. The molecule has 4 nitrogen and oxygen atoms in total. The molecule has 0 unspecified atom stereocenters. The van der Waals surface area contributed by atoms with Gasteiger partial charge in [-0.1, -0.05) is 12.1 Å². The van der Waals surface area contributed by atoms with Gasteiger partial charge in [-0.3, -0.25) is 0 Å². The number of benzene rings is 1. The molecule has 2 N–H and O–H groups in total. The van der Waals surface area contributed by atoms with Crippen LogP contribution in [0.1, 0.15) is 22.8 Å². The second kappa shape index (κ2) is 4.41. The first-order chi connectivity index (χ1) is 7.00. The van der Waals surface area contributed by atoms with Crippen molar-refractivity contribution in [1.29, 1.82) is 0 Å².